The largest absolute Gasteiger partial charge is 0.472 e. The molecule has 0 spiro atoms. The van der Waals surface area contributed by atoms with Gasteiger partial charge in [0.15, 0.2) is 0 Å². The van der Waals surface area contributed by atoms with Gasteiger partial charge < -0.3 is 4.42 Å². The molecule has 0 aliphatic heterocycles. The number of aryl methyl sites for hydroxylation is 1. The Kier molecular flexibility index (Phi) is 2.13. The van der Waals surface area contributed by atoms with Gasteiger partial charge in [0.05, 0.1) is 18.2 Å². The molecule has 0 saturated carbocycles. The van der Waals surface area contributed by atoms with Crippen molar-refractivity contribution in [2.75, 3.05) is 0 Å². The van der Waals surface area contributed by atoms with Crippen molar-refractivity contribution in [3.63, 3.8) is 0 Å². The maximum absolute atomic E-state index is 5.00. The van der Waals surface area contributed by atoms with Crippen molar-refractivity contribution in [1.29, 1.82) is 0 Å². The van der Waals surface area contributed by atoms with Crippen LogP contribution < -0.4 is 0 Å². The average Bonchev–Trinajstić information content (AvgIpc) is 2.71. The summed E-state index contributed by atoms with van der Waals surface area (Å²) in [4.78, 5) is 4.47. The molecule has 0 saturated heterocycles. The van der Waals surface area contributed by atoms with Gasteiger partial charge in [0.2, 0.25) is 0 Å². The molecular weight excluding hydrogens is 162 g/mol. The molecule has 0 amide bonds. The van der Waals surface area contributed by atoms with Crippen LogP contribution in [0.5, 0.6) is 0 Å². The van der Waals surface area contributed by atoms with E-state index in [9.17, 15) is 0 Å². The van der Waals surface area contributed by atoms with Crippen molar-refractivity contribution in [1.82, 2.24) is 4.98 Å². The minimum atomic E-state index is 0.964. The molecule has 66 valence electrons. The average molecular weight is 173 g/mol. The van der Waals surface area contributed by atoms with E-state index in [1.807, 2.05) is 24.3 Å². The number of nitrogens with zero attached hydrogens (tertiary/aromatic N) is 1. The first kappa shape index (κ1) is 8.05. The van der Waals surface area contributed by atoms with Crippen LogP contribution in [0.3, 0.4) is 0 Å². The van der Waals surface area contributed by atoms with Gasteiger partial charge in [0.25, 0.3) is 0 Å². The van der Waals surface area contributed by atoms with Crippen LogP contribution in [-0.2, 0) is 6.42 Å². The van der Waals surface area contributed by atoms with Gasteiger partial charge in [-0.1, -0.05) is 13.0 Å². The lowest BCUT2D eigenvalue weighted by atomic mass is 10.2. The standard InChI is InChI=1S/C11H11NO/c1-2-10-4-3-5-11(12-10)9-6-7-13-8-9/h3-8H,2H2,1H3. The summed E-state index contributed by atoms with van der Waals surface area (Å²) in [5, 5.41) is 0. The Morgan fingerprint density at radius 2 is 2.23 bits per heavy atom. The van der Waals surface area contributed by atoms with E-state index in [0.29, 0.717) is 0 Å². The Labute approximate surface area is 77.2 Å². The summed E-state index contributed by atoms with van der Waals surface area (Å²) < 4.78 is 5.00. The topological polar surface area (TPSA) is 26.0 Å². The molecule has 2 aromatic heterocycles. The molecule has 0 unspecified atom stereocenters. The quantitative estimate of drug-likeness (QED) is 0.697. The number of furan rings is 1. The van der Waals surface area contributed by atoms with E-state index in [1.165, 1.54) is 0 Å². The van der Waals surface area contributed by atoms with Gasteiger partial charge >= 0.3 is 0 Å². The molecule has 0 fully saturated rings. The summed E-state index contributed by atoms with van der Waals surface area (Å²) >= 11 is 0. The van der Waals surface area contributed by atoms with Crippen LogP contribution >= 0.6 is 0 Å². The number of hydrogen-bond acceptors (Lipinski definition) is 2. The SMILES string of the molecule is CCc1cccc(-c2ccoc2)n1. The van der Waals surface area contributed by atoms with Crippen LogP contribution in [0.25, 0.3) is 11.3 Å². The Balaban J connectivity index is 2.41. The number of aromatic nitrogens is 1. The molecule has 0 aromatic carbocycles. The molecular formula is C11H11NO. The van der Waals surface area contributed by atoms with Crippen molar-refractivity contribution >= 4 is 0 Å². The van der Waals surface area contributed by atoms with Gasteiger partial charge in [-0.05, 0) is 24.6 Å². The normalized spacial score (nSPS) is 10.2. The Hall–Kier alpha value is -1.57. The second-order valence-corrected chi connectivity index (χ2v) is 2.88. The summed E-state index contributed by atoms with van der Waals surface area (Å²) in [5.74, 6) is 0. The predicted octanol–water partition coefficient (Wildman–Crippen LogP) is 2.90. The molecule has 0 N–H and O–H groups in total. The van der Waals surface area contributed by atoms with E-state index in [1.54, 1.807) is 12.5 Å². The van der Waals surface area contributed by atoms with E-state index >= 15 is 0 Å². The van der Waals surface area contributed by atoms with Gasteiger partial charge in [-0.2, -0.15) is 0 Å². The molecule has 0 aliphatic rings. The lowest BCUT2D eigenvalue weighted by Crippen LogP contribution is -1.88. The van der Waals surface area contributed by atoms with Crippen LogP contribution in [0, 0.1) is 0 Å². The van der Waals surface area contributed by atoms with E-state index in [0.717, 1.165) is 23.4 Å². The minimum absolute atomic E-state index is 0.964. The molecule has 2 nitrogen and oxygen atoms in total. The van der Waals surface area contributed by atoms with Gasteiger partial charge in [0, 0.05) is 11.3 Å². The lowest BCUT2D eigenvalue weighted by Gasteiger charge is -1.98. The molecule has 0 bridgehead atoms. The highest BCUT2D eigenvalue weighted by molar-refractivity contribution is 5.57. The monoisotopic (exact) mass is 173 g/mol. The van der Waals surface area contributed by atoms with Crippen LogP contribution in [-0.4, -0.2) is 4.98 Å². The number of hydrogen-bond donors (Lipinski definition) is 0. The van der Waals surface area contributed by atoms with Crippen LogP contribution in [0.1, 0.15) is 12.6 Å². The first-order valence-corrected chi connectivity index (χ1v) is 4.38. The van der Waals surface area contributed by atoms with Gasteiger partial charge in [-0.15, -0.1) is 0 Å². The number of rotatable bonds is 2. The summed E-state index contributed by atoms with van der Waals surface area (Å²) in [6.07, 6.45) is 4.34. The maximum Gasteiger partial charge on any atom is 0.0996 e. The third-order valence-electron chi connectivity index (χ3n) is 1.99. The van der Waals surface area contributed by atoms with Gasteiger partial charge in [0.1, 0.15) is 0 Å². The van der Waals surface area contributed by atoms with Crippen LogP contribution in [0.2, 0.25) is 0 Å². The Morgan fingerprint density at radius 1 is 1.31 bits per heavy atom. The van der Waals surface area contributed by atoms with E-state index in [2.05, 4.69) is 11.9 Å². The highest BCUT2D eigenvalue weighted by Gasteiger charge is 2.00. The Morgan fingerprint density at radius 3 is 2.92 bits per heavy atom. The Bertz CT molecular complexity index is 379. The third-order valence-corrected chi connectivity index (χ3v) is 1.99. The first-order chi connectivity index (χ1) is 6.40. The lowest BCUT2D eigenvalue weighted by molar-refractivity contribution is 0.568. The fourth-order valence-corrected chi connectivity index (χ4v) is 1.25. The smallest absolute Gasteiger partial charge is 0.0996 e. The van der Waals surface area contributed by atoms with Crippen molar-refractivity contribution in [3.8, 4) is 11.3 Å². The predicted molar refractivity (Wildman–Crippen MR) is 51.3 cm³/mol. The third kappa shape index (κ3) is 1.61. The minimum Gasteiger partial charge on any atom is -0.472 e. The fraction of sp³-hybridized carbons (Fsp3) is 0.182. The van der Waals surface area contributed by atoms with Crippen molar-refractivity contribution in [3.05, 3.63) is 42.5 Å². The summed E-state index contributed by atoms with van der Waals surface area (Å²) in [7, 11) is 0. The van der Waals surface area contributed by atoms with Gasteiger partial charge in [-0.3, -0.25) is 4.98 Å². The zero-order chi connectivity index (χ0) is 9.10. The van der Waals surface area contributed by atoms with E-state index in [-0.39, 0.29) is 0 Å². The summed E-state index contributed by atoms with van der Waals surface area (Å²) in [5.41, 5.74) is 3.13. The molecule has 2 rings (SSSR count). The van der Waals surface area contributed by atoms with E-state index in [4.69, 9.17) is 4.42 Å². The zero-order valence-corrected chi connectivity index (χ0v) is 7.53. The molecule has 13 heavy (non-hydrogen) atoms. The summed E-state index contributed by atoms with van der Waals surface area (Å²) in [6.45, 7) is 2.10. The highest BCUT2D eigenvalue weighted by atomic mass is 16.3. The first-order valence-electron chi connectivity index (χ1n) is 4.38. The molecule has 2 heterocycles. The molecule has 2 heteroatoms. The van der Waals surface area contributed by atoms with Crippen molar-refractivity contribution in [2.45, 2.75) is 13.3 Å². The van der Waals surface area contributed by atoms with Gasteiger partial charge in [-0.25, -0.2) is 0 Å². The van der Waals surface area contributed by atoms with Crippen molar-refractivity contribution in [2.24, 2.45) is 0 Å². The zero-order valence-electron chi connectivity index (χ0n) is 7.53. The maximum atomic E-state index is 5.00. The number of pyridine rings is 1. The molecule has 0 atom stereocenters. The molecule has 0 radical (unpaired) electrons. The van der Waals surface area contributed by atoms with Crippen molar-refractivity contribution < 1.29 is 4.42 Å². The van der Waals surface area contributed by atoms with Crippen LogP contribution in [0.15, 0.2) is 41.2 Å². The second kappa shape index (κ2) is 3.44. The fourth-order valence-electron chi connectivity index (χ4n) is 1.25. The van der Waals surface area contributed by atoms with E-state index < -0.39 is 0 Å². The molecule has 0 aliphatic carbocycles. The van der Waals surface area contributed by atoms with Crippen LogP contribution in [0.4, 0.5) is 0 Å². The second-order valence-electron chi connectivity index (χ2n) is 2.88. The highest BCUT2D eigenvalue weighted by Crippen LogP contribution is 2.17. The molecule has 2 aromatic rings. The summed E-state index contributed by atoms with van der Waals surface area (Å²) in [6, 6.07) is 7.96.